The van der Waals surface area contributed by atoms with Crippen LogP contribution in [0.3, 0.4) is 0 Å². The van der Waals surface area contributed by atoms with Gasteiger partial charge in [-0.25, -0.2) is 0 Å². The molecule has 0 saturated carbocycles. The van der Waals surface area contributed by atoms with E-state index in [2.05, 4.69) is 50.4 Å². The lowest BCUT2D eigenvalue weighted by atomic mass is 9.98. The summed E-state index contributed by atoms with van der Waals surface area (Å²) in [5.74, 6) is 1.46. The Balaban J connectivity index is 2.11. The summed E-state index contributed by atoms with van der Waals surface area (Å²) in [6.45, 7) is 7.41. The molecule has 1 N–H and O–H groups in total. The Hall–Kier alpha value is -1.25. The van der Waals surface area contributed by atoms with Gasteiger partial charge in [0.2, 0.25) is 0 Å². The van der Waals surface area contributed by atoms with Crippen molar-refractivity contribution in [2.24, 2.45) is 0 Å². The predicted molar refractivity (Wildman–Crippen MR) is 84.4 cm³/mol. The highest BCUT2D eigenvalue weighted by Gasteiger charge is 2.15. The van der Waals surface area contributed by atoms with Gasteiger partial charge in [-0.3, -0.25) is 0 Å². The molecule has 1 aromatic heterocycles. The molecule has 0 amide bonds. The Morgan fingerprint density at radius 1 is 1.10 bits per heavy atom. The Labute approximate surface area is 126 Å². The van der Waals surface area contributed by atoms with E-state index < -0.39 is 0 Å². The highest BCUT2D eigenvalue weighted by molar-refractivity contribution is 6.28. The van der Waals surface area contributed by atoms with E-state index in [0.29, 0.717) is 11.1 Å². The van der Waals surface area contributed by atoms with Crippen molar-refractivity contribution in [3.8, 4) is 0 Å². The average Bonchev–Trinajstić information content (AvgIpc) is 2.85. The zero-order valence-corrected chi connectivity index (χ0v) is 13.1. The number of likely N-dealkylation sites (N-methyl/N-ethyl adjacent to an activating group) is 1. The van der Waals surface area contributed by atoms with E-state index in [9.17, 15) is 0 Å². The van der Waals surface area contributed by atoms with Crippen LogP contribution in [0.15, 0.2) is 40.8 Å². The van der Waals surface area contributed by atoms with Crippen LogP contribution >= 0.6 is 11.6 Å². The van der Waals surface area contributed by atoms with Gasteiger partial charge in [0.25, 0.3) is 0 Å². The first-order valence-electron chi connectivity index (χ1n) is 7.17. The number of hydrogen-bond acceptors (Lipinski definition) is 2. The minimum absolute atomic E-state index is 0.164. The SMILES string of the molecule is CCNC(Cc1ccc(C(C)C)cc1)c1ccc(Cl)o1. The maximum absolute atomic E-state index is 5.87. The fraction of sp³-hybridized carbons (Fsp3) is 0.412. The first kappa shape index (κ1) is 15.1. The van der Waals surface area contributed by atoms with Gasteiger partial charge >= 0.3 is 0 Å². The topological polar surface area (TPSA) is 25.2 Å². The minimum Gasteiger partial charge on any atom is -0.448 e. The van der Waals surface area contributed by atoms with Crippen molar-refractivity contribution in [1.82, 2.24) is 5.32 Å². The average molecular weight is 292 g/mol. The molecule has 1 heterocycles. The molecular weight excluding hydrogens is 270 g/mol. The molecular formula is C17H22ClNO. The first-order valence-corrected chi connectivity index (χ1v) is 7.55. The largest absolute Gasteiger partial charge is 0.448 e. The van der Waals surface area contributed by atoms with E-state index in [0.717, 1.165) is 18.7 Å². The van der Waals surface area contributed by atoms with E-state index in [1.165, 1.54) is 11.1 Å². The normalized spacial score (nSPS) is 12.8. The van der Waals surface area contributed by atoms with Crippen LogP contribution < -0.4 is 5.32 Å². The van der Waals surface area contributed by atoms with E-state index in [1.54, 1.807) is 6.07 Å². The van der Waals surface area contributed by atoms with Crippen LogP contribution in [0.2, 0.25) is 5.22 Å². The van der Waals surface area contributed by atoms with Gasteiger partial charge in [0.05, 0.1) is 6.04 Å². The molecule has 0 spiro atoms. The Morgan fingerprint density at radius 3 is 2.30 bits per heavy atom. The number of nitrogens with one attached hydrogen (secondary N) is 1. The van der Waals surface area contributed by atoms with Gasteiger partial charge in [-0.15, -0.1) is 0 Å². The zero-order chi connectivity index (χ0) is 14.5. The molecule has 0 saturated heterocycles. The first-order chi connectivity index (χ1) is 9.60. The van der Waals surface area contributed by atoms with Gasteiger partial charge in [0, 0.05) is 0 Å². The lowest BCUT2D eigenvalue weighted by Crippen LogP contribution is -2.22. The molecule has 2 rings (SSSR count). The lowest BCUT2D eigenvalue weighted by Gasteiger charge is -2.16. The third-order valence-electron chi connectivity index (χ3n) is 3.47. The Morgan fingerprint density at radius 2 is 1.80 bits per heavy atom. The Kier molecular flexibility index (Phi) is 5.27. The standard InChI is InChI=1S/C17H22ClNO/c1-4-19-15(16-9-10-17(18)20-16)11-13-5-7-14(8-6-13)12(2)3/h5-10,12,15,19H,4,11H2,1-3H3. The van der Waals surface area contributed by atoms with Crippen LogP contribution in [0.25, 0.3) is 0 Å². The third-order valence-corrected chi connectivity index (χ3v) is 3.68. The molecule has 2 nitrogen and oxygen atoms in total. The molecule has 3 heteroatoms. The summed E-state index contributed by atoms with van der Waals surface area (Å²) in [4.78, 5) is 0. The molecule has 0 radical (unpaired) electrons. The third kappa shape index (κ3) is 3.87. The van der Waals surface area contributed by atoms with Crippen molar-refractivity contribution in [3.05, 3.63) is 58.5 Å². The molecule has 0 aliphatic carbocycles. The number of rotatable bonds is 6. The van der Waals surface area contributed by atoms with E-state index in [4.69, 9.17) is 16.0 Å². The van der Waals surface area contributed by atoms with Crippen molar-refractivity contribution >= 4 is 11.6 Å². The molecule has 108 valence electrons. The second-order valence-electron chi connectivity index (χ2n) is 5.35. The molecule has 0 aliphatic heterocycles. The Bertz CT molecular complexity index is 530. The molecule has 0 bridgehead atoms. The lowest BCUT2D eigenvalue weighted by molar-refractivity contribution is 0.417. The van der Waals surface area contributed by atoms with E-state index >= 15 is 0 Å². The molecule has 1 atom stereocenters. The van der Waals surface area contributed by atoms with E-state index in [-0.39, 0.29) is 6.04 Å². The molecule has 0 aliphatic rings. The van der Waals surface area contributed by atoms with Gasteiger partial charge in [0.15, 0.2) is 5.22 Å². The minimum atomic E-state index is 0.164. The fourth-order valence-electron chi connectivity index (χ4n) is 2.31. The monoisotopic (exact) mass is 291 g/mol. The van der Waals surface area contributed by atoms with Gasteiger partial charge < -0.3 is 9.73 Å². The van der Waals surface area contributed by atoms with Crippen LogP contribution in [0.5, 0.6) is 0 Å². The van der Waals surface area contributed by atoms with Crippen molar-refractivity contribution in [1.29, 1.82) is 0 Å². The summed E-state index contributed by atoms with van der Waals surface area (Å²) in [6.07, 6.45) is 0.899. The highest BCUT2D eigenvalue weighted by Crippen LogP contribution is 2.24. The van der Waals surface area contributed by atoms with Crippen molar-refractivity contribution < 1.29 is 4.42 Å². The second kappa shape index (κ2) is 6.96. The summed E-state index contributed by atoms with van der Waals surface area (Å²) >= 11 is 5.87. The molecule has 2 aromatic rings. The maximum Gasteiger partial charge on any atom is 0.193 e. The van der Waals surface area contributed by atoms with Crippen LogP contribution in [-0.2, 0) is 6.42 Å². The van der Waals surface area contributed by atoms with Gasteiger partial charge in [-0.05, 0) is 53.7 Å². The van der Waals surface area contributed by atoms with Crippen LogP contribution in [-0.4, -0.2) is 6.54 Å². The van der Waals surface area contributed by atoms with Gasteiger partial charge in [-0.2, -0.15) is 0 Å². The summed E-state index contributed by atoms with van der Waals surface area (Å²) < 4.78 is 5.54. The number of halogens is 1. The molecule has 1 unspecified atom stereocenters. The van der Waals surface area contributed by atoms with Gasteiger partial charge in [0.1, 0.15) is 5.76 Å². The predicted octanol–water partition coefficient (Wildman–Crippen LogP) is 4.95. The van der Waals surface area contributed by atoms with Crippen LogP contribution in [0.1, 0.15) is 49.6 Å². The number of furan rings is 1. The van der Waals surface area contributed by atoms with Gasteiger partial charge in [-0.1, -0.05) is 45.0 Å². The number of hydrogen-bond donors (Lipinski definition) is 1. The van der Waals surface area contributed by atoms with Crippen LogP contribution in [0.4, 0.5) is 0 Å². The van der Waals surface area contributed by atoms with Crippen LogP contribution in [0, 0.1) is 0 Å². The molecule has 20 heavy (non-hydrogen) atoms. The molecule has 0 fully saturated rings. The van der Waals surface area contributed by atoms with Crippen molar-refractivity contribution in [3.63, 3.8) is 0 Å². The number of benzene rings is 1. The summed E-state index contributed by atoms with van der Waals surface area (Å²) in [7, 11) is 0. The summed E-state index contributed by atoms with van der Waals surface area (Å²) in [6, 6.07) is 12.7. The van der Waals surface area contributed by atoms with Crippen molar-refractivity contribution in [2.75, 3.05) is 6.54 Å². The second-order valence-corrected chi connectivity index (χ2v) is 5.73. The summed E-state index contributed by atoms with van der Waals surface area (Å²) in [5.41, 5.74) is 2.67. The zero-order valence-electron chi connectivity index (χ0n) is 12.3. The smallest absolute Gasteiger partial charge is 0.193 e. The summed E-state index contributed by atoms with van der Waals surface area (Å²) in [5, 5.41) is 3.89. The fourth-order valence-corrected chi connectivity index (χ4v) is 2.46. The van der Waals surface area contributed by atoms with Crippen molar-refractivity contribution in [2.45, 2.75) is 39.2 Å². The maximum atomic E-state index is 5.87. The highest BCUT2D eigenvalue weighted by atomic mass is 35.5. The quantitative estimate of drug-likeness (QED) is 0.814. The van der Waals surface area contributed by atoms with E-state index in [1.807, 2.05) is 6.07 Å². The molecule has 1 aromatic carbocycles.